The van der Waals surface area contributed by atoms with Crippen LogP contribution < -0.4 is 14.8 Å². The number of ether oxygens (including phenoxy) is 2. The monoisotopic (exact) mass is 415 g/mol. The van der Waals surface area contributed by atoms with Crippen molar-refractivity contribution >= 4 is 5.91 Å². The molecule has 3 aromatic carbocycles. The lowest BCUT2D eigenvalue weighted by Crippen LogP contribution is -2.28. The fourth-order valence-electron chi connectivity index (χ4n) is 3.03. The third-order valence-corrected chi connectivity index (χ3v) is 4.58. The van der Waals surface area contributed by atoms with E-state index in [1.54, 1.807) is 13.2 Å². The lowest BCUT2D eigenvalue weighted by Gasteiger charge is -2.10. The first kappa shape index (κ1) is 20.2. The molecule has 1 N–H and O–H groups in total. The van der Waals surface area contributed by atoms with E-state index >= 15 is 0 Å². The highest BCUT2D eigenvalue weighted by molar-refractivity contribution is 5.78. The van der Waals surface area contributed by atoms with Crippen molar-refractivity contribution in [1.29, 1.82) is 0 Å². The first-order valence-corrected chi connectivity index (χ1v) is 9.74. The van der Waals surface area contributed by atoms with Gasteiger partial charge in [-0.05, 0) is 29.8 Å². The van der Waals surface area contributed by atoms with Gasteiger partial charge in [-0.2, -0.15) is 4.98 Å². The summed E-state index contributed by atoms with van der Waals surface area (Å²) in [6, 6.07) is 24.3. The Kier molecular flexibility index (Phi) is 6.23. The predicted molar refractivity (Wildman–Crippen MR) is 116 cm³/mol. The van der Waals surface area contributed by atoms with Gasteiger partial charge in [-0.25, -0.2) is 0 Å². The van der Waals surface area contributed by atoms with Gasteiger partial charge < -0.3 is 19.3 Å². The third kappa shape index (κ3) is 4.90. The molecule has 1 amide bonds. The zero-order valence-corrected chi connectivity index (χ0v) is 16.9. The first-order valence-electron chi connectivity index (χ1n) is 9.74. The molecular formula is C24H21N3O4. The Balaban J connectivity index is 1.45. The molecule has 0 atom stereocenters. The van der Waals surface area contributed by atoms with E-state index in [1.807, 2.05) is 72.8 Å². The van der Waals surface area contributed by atoms with Crippen LogP contribution in [0.3, 0.4) is 0 Å². The van der Waals surface area contributed by atoms with Gasteiger partial charge >= 0.3 is 0 Å². The van der Waals surface area contributed by atoms with Crippen molar-refractivity contribution in [2.45, 2.75) is 6.54 Å². The molecule has 0 aliphatic heterocycles. The molecule has 156 valence electrons. The number of benzene rings is 3. The van der Waals surface area contributed by atoms with Crippen molar-refractivity contribution in [2.75, 3.05) is 13.7 Å². The fourth-order valence-corrected chi connectivity index (χ4v) is 3.03. The second-order valence-corrected chi connectivity index (χ2v) is 6.67. The van der Waals surface area contributed by atoms with E-state index in [0.29, 0.717) is 40.9 Å². The number of hydrogen-bond donors (Lipinski definition) is 1. The van der Waals surface area contributed by atoms with Gasteiger partial charge in [-0.15, -0.1) is 0 Å². The number of rotatable bonds is 8. The number of para-hydroxylation sites is 2. The zero-order chi connectivity index (χ0) is 21.5. The summed E-state index contributed by atoms with van der Waals surface area (Å²) in [5.74, 6) is 1.60. The number of carbonyl (C=O) groups is 1. The highest BCUT2D eigenvalue weighted by Crippen LogP contribution is 2.32. The van der Waals surface area contributed by atoms with Crippen LogP contribution >= 0.6 is 0 Å². The Morgan fingerprint density at radius 2 is 1.58 bits per heavy atom. The Hall–Kier alpha value is -4.13. The van der Waals surface area contributed by atoms with Gasteiger partial charge in [0, 0.05) is 6.54 Å². The molecule has 0 unspecified atom stereocenters. The lowest BCUT2D eigenvalue weighted by molar-refractivity contribution is -0.123. The Labute approximate surface area is 179 Å². The molecule has 0 fully saturated rings. The molecule has 4 rings (SSSR count). The molecule has 7 heteroatoms. The summed E-state index contributed by atoms with van der Waals surface area (Å²) in [4.78, 5) is 16.7. The molecule has 0 bridgehead atoms. The van der Waals surface area contributed by atoms with Crippen molar-refractivity contribution < 1.29 is 18.8 Å². The fraction of sp³-hybridized carbons (Fsp3) is 0.125. The molecule has 0 aliphatic rings. The van der Waals surface area contributed by atoms with E-state index in [0.717, 1.165) is 5.56 Å². The Morgan fingerprint density at radius 3 is 2.35 bits per heavy atom. The van der Waals surface area contributed by atoms with Crippen LogP contribution in [-0.2, 0) is 11.3 Å². The topological polar surface area (TPSA) is 86.5 Å². The molecule has 1 aromatic heterocycles. The lowest BCUT2D eigenvalue weighted by atomic mass is 10.2. The number of nitrogens with zero attached hydrogens (tertiary/aromatic N) is 2. The summed E-state index contributed by atoms with van der Waals surface area (Å²) in [6.07, 6.45) is 0. The van der Waals surface area contributed by atoms with Crippen LogP contribution in [0.15, 0.2) is 83.4 Å². The second-order valence-electron chi connectivity index (χ2n) is 6.67. The molecule has 7 nitrogen and oxygen atoms in total. The van der Waals surface area contributed by atoms with E-state index < -0.39 is 0 Å². The van der Waals surface area contributed by atoms with Gasteiger partial charge in [0.2, 0.25) is 5.82 Å². The van der Waals surface area contributed by atoms with E-state index in [-0.39, 0.29) is 12.5 Å². The highest BCUT2D eigenvalue weighted by Gasteiger charge is 2.17. The molecule has 1 heterocycles. The minimum absolute atomic E-state index is 0.124. The van der Waals surface area contributed by atoms with E-state index in [9.17, 15) is 4.79 Å². The van der Waals surface area contributed by atoms with Crippen LogP contribution in [0.2, 0.25) is 0 Å². The van der Waals surface area contributed by atoms with Gasteiger partial charge in [-0.3, -0.25) is 4.79 Å². The zero-order valence-electron chi connectivity index (χ0n) is 16.9. The van der Waals surface area contributed by atoms with Crippen molar-refractivity contribution in [3.63, 3.8) is 0 Å². The van der Waals surface area contributed by atoms with Gasteiger partial charge in [0.15, 0.2) is 6.61 Å². The van der Waals surface area contributed by atoms with Crippen LogP contribution in [0.5, 0.6) is 11.5 Å². The summed E-state index contributed by atoms with van der Waals surface area (Å²) in [6.45, 7) is 0.318. The number of carbonyl (C=O) groups excluding carboxylic acids is 1. The molecule has 0 saturated heterocycles. The number of amides is 1. The normalized spacial score (nSPS) is 10.5. The van der Waals surface area contributed by atoms with E-state index in [1.165, 1.54) is 0 Å². The standard InChI is InChI=1S/C24H21N3O4/c1-29-20-13-7-6-12-19(20)24-26-23(27-31-24)18-11-5-8-14-21(18)30-16-22(28)25-15-17-9-3-2-4-10-17/h2-14H,15-16H2,1H3,(H,25,28). The Morgan fingerprint density at radius 1 is 0.903 bits per heavy atom. The van der Waals surface area contributed by atoms with E-state index in [4.69, 9.17) is 14.0 Å². The highest BCUT2D eigenvalue weighted by atomic mass is 16.5. The summed E-state index contributed by atoms with van der Waals surface area (Å²) in [5.41, 5.74) is 2.35. The van der Waals surface area contributed by atoms with Crippen molar-refractivity contribution in [1.82, 2.24) is 15.5 Å². The summed E-state index contributed by atoms with van der Waals surface area (Å²) < 4.78 is 16.5. The molecule has 4 aromatic rings. The van der Waals surface area contributed by atoms with Crippen molar-refractivity contribution in [2.24, 2.45) is 0 Å². The van der Waals surface area contributed by atoms with Crippen molar-refractivity contribution in [3.05, 3.63) is 84.4 Å². The average molecular weight is 415 g/mol. The van der Waals surface area contributed by atoms with Gasteiger partial charge in [-0.1, -0.05) is 59.8 Å². The maximum absolute atomic E-state index is 12.2. The largest absolute Gasteiger partial charge is 0.496 e. The smallest absolute Gasteiger partial charge is 0.262 e. The van der Waals surface area contributed by atoms with Crippen LogP contribution in [0.1, 0.15) is 5.56 Å². The van der Waals surface area contributed by atoms with Crippen LogP contribution in [0.4, 0.5) is 0 Å². The van der Waals surface area contributed by atoms with Gasteiger partial charge in [0.25, 0.3) is 11.8 Å². The SMILES string of the molecule is COc1ccccc1-c1nc(-c2ccccc2OCC(=O)NCc2ccccc2)no1. The summed E-state index contributed by atoms with van der Waals surface area (Å²) in [7, 11) is 1.59. The minimum atomic E-state index is -0.221. The second kappa shape index (κ2) is 9.58. The Bertz CT molecular complexity index is 1160. The summed E-state index contributed by atoms with van der Waals surface area (Å²) in [5, 5.41) is 6.92. The molecule has 0 radical (unpaired) electrons. The third-order valence-electron chi connectivity index (χ3n) is 4.58. The maximum atomic E-state index is 12.2. The molecular weight excluding hydrogens is 394 g/mol. The number of hydrogen-bond acceptors (Lipinski definition) is 6. The minimum Gasteiger partial charge on any atom is -0.496 e. The molecule has 31 heavy (non-hydrogen) atoms. The van der Waals surface area contributed by atoms with Crippen LogP contribution in [0.25, 0.3) is 22.8 Å². The van der Waals surface area contributed by atoms with Gasteiger partial charge in [0.05, 0.1) is 18.2 Å². The first-order chi connectivity index (χ1) is 15.2. The number of methoxy groups -OCH3 is 1. The van der Waals surface area contributed by atoms with Crippen molar-refractivity contribution in [3.8, 4) is 34.3 Å². The molecule has 0 saturated carbocycles. The predicted octanol–water partition coefficient (Wildman–Crippen LogP) is 4.11. The average Bonchev–Trinajstić information content (AvgIpc) is 3.32. The maximum Gasteiger partial charge on any atom is 0.262 e. The summed E-state index contributed by atoms with van der Waals surface area (Å²) >= 11 is 0. The number of aromatic nitrogens is 2. The molecule has 0 spiro atoms. The quantitative estimate of drug-likeness (QED) is 0.466. The van der Waals surface area contributed by atoms with Gasteiger partial charge in [0.1, 0.15) is 11.5 Å². The van der Waals surface area contributed by atoms with E-state index in [2.05, 4.69) is 15.5 Å². The number of nitrogens with one attached hydrogen (secondary N) is 1. The van der Waals surface area contributed by atoms with Crippen LogP contribution in [-0.4, -0.2) is 29.8 Å². The van der Waals surface area contributed by atoms with Crippen LogP contribution in [0, 0.1) is 0 Å². The molecule has 0 aliphatic carbocycles.